The van der Waals surface area contributed by atoms with Crippen LogP contribution >= 0.6 is 11.6 Å². The molecule has 2 amide bonds. The summed E-state index contributed by atoms with van der Waals surface area (Å²) in [5.41, 5.74) is 1.03. The predicted molar refractivity (Wildman–Crippen MR) is 130 cm³/mol. The number of carbonyl (C=O) groups is 2. The Hall–Kier alpha value is -2.55. The van der Waals surface area contributed by atoms with Crippen molar-refractivity contribution in [3.63, 3.8) is 0 Å². The second kappa shape index (κ2) is 12.2. The third kappa shape index (κ3) is 6.74. The molecule has 9 heteroatoms. The van der Waals surface area contributed by atoms with E-state index >= 15 is 0 Å². The van der Waals surface area contributed by atoms with Gasteiger partial charge in [-0.2, -0.15) is 0 Å². The normalized spacial score (nSPS) is 21.9. The van der Waals surface area contributed by atoms with Crippen LogP contribution in [0.5, 0.6) is 11.5 Å². The van der Waals surface area contributed by atoms with Crippen molar-refractivity contribution in [1.82, 2.24) is 9.80 Å². The van der Waals surface area contributed by atoms with Gasteiger partial charge in [0.1, 0.15) is 11.5 Å². The summed E-state index contributed by atoms with van der Waals surface area (Å²) in [6.45, 7) is 1.71. The van der Waals surface area contributed by atoms with E-state index in [2.05, 4.69) is 0 Å². The maximum absolute atomic E-state index is 13.0. The number of piperidine rings is 2. The number of nitrogens with zero attached hydrogens (tertiary/aromatic N) is 2. The van der Waals surface area contributed by atoms with Crippen molar-refractivity contribution < 1.29 is 29.3 Å². The first-order valence-corrected chi connectivity index (χ1v) is 11.9. The minimum atomic E-state index is -0.537. The molecule has 2 aliphatic rings. The van der Waals surface area contributed by atoms with Crippen molar-refractivity contribution in [3.8, 4) is 11.5 Å². The number of likely N-dealkylation sites (tertiary alicyclic amines) is 2. The van der Waals surface area contributed by atoms with Gasteiger partial charge < -0.3 is 29.5 Å². The molecule has 2 unspecified atom stereocenters. The van der Waals surface area contributed by atoms with Crippen molar-refractivity contribution >= 4 is 28.4 Å². The average molecular weight is 493 g/mol. The zero-order valence-corrected chi connectivity index (χ0v) is 20.5. The van der Waals surface area contributed by atoms with Crippen molar-refractivity contribution in [1.29, 1.82) is 0 Å². The second-order valence-electron chi connectivity index (χ2n) is 8.63. The summed E-state index contributed by atoms with van der Waals surface area (Å²) in [7, 11) is 3.07. The summed E-state index contributed by atoms with van der Waals surface area (Å²) >= 11 is 6.78. The molecule has 2 atom stereocenters. The van der Waals surface area contributed by atoms with Crippen LogP contribution < -0.4 is 9.47 Å². The van der Waals surface area contributed by atoms with Gasteiger partial charge in [0.2, 0.25) is 11.8 Å². The number of allylic oxidation sites excluding steroid dienone is 1. The zero-order valence-electron chi connectivity index (χ0n) is 19.7. The molecular weight excluding hydrogens is 460 g/mol. The fourth-order valence-corrected chi connectivity index (χ4v) is 4.54. The number of halogens is 1. The minimum absolute atomic E-state index is 0.0346. The van der Waals surface area contributed by atoms with Crippen LogP contribution in [0.4, 0.5) is 0 Å². The molecule has 2 N–H and O–H groups in total. The van der Waals surface area contributed by atoms with E-state index < -0.39 is 12.2 Å². The topological polar surface area (TPSA) is 99.5 Å². The molecule has 0 bridgehead atoms. The highest BCUT2D eigenvalue weighted by atomic mass is 35.5. The van der Waals surface area contributed by atoms with Gasteiger partial charge in [-0.1, -0.05) is 17.7 Å². The summed E-state index contributed by atoms with van der Waals surface area (Å²) in [4.78, 5) is 29.0. The lowest BCUT2D eigenvalue weighted by Gasteiger charge is -2.30. The Kier molecular flexibility index (Phi) is 9.38. The maximum Gasteiger partial charge on any atom is 0.246 e. The molecule has 1 aromatic rings. The molecule has 1 aromatic carbocycles. The highest BCUT2D eigenvalue weighted by Crippen LogP contribution is 2.35. The van der Waals surface area contributed by atoms with Crippen LogP contribution in [0.3, 0.4) is 0 Å². The van der Waals surface area contributed by atoms with Gasteiger partial charge in [-0.3, -0.25) is 9.59 Å². The molecule has 0 aliphatic carbocycles. The number of aliphatic hydroxyl groups is 2. The van der Waals surface area contributed by atoms with Crippen molar-refractivity contribution in [2.75, 3.05) is 40.4 Å². The van der Waals surface area contributed by atoms with Crippen LogP contribution in [-0.4, -0.2) is 84.4 Å². The molecule has 2 heterocycles. The summed E-state index contributed by atoms with van der Waals surface area (Å²) in [5, 5.41) is 20.1. The van der Waals surface area contributed by atoms with Crippen molar-refractivity contribution in [3.05, 3.63) is 41.5 Å². The summed E-state index contributed by atoms with van der Waals surface area (Å²) in [6, 6.07) is 5.18. The quantitative estimate of drug-likeness (QED) is 0.448. The van der Waals surface area contributed by atoms with Gasteiger partial charge in [-0.25, -0.2) is 0 Å². The summed E-state index contributed by atoms with van der Waals surface area (Å²) in [6.07, 6.45) is 4.68. The van der Waals surface area contributed by atoms with Gasteiger partial charge in [0.25, 0.3) is 0 Å². The van der Waals surface area contributed by atoms with Crippen molar-refractivity contribution in [2.24, 2.45) is 0 Å². The first kappa shape index (κ1) is 26.1. The summed E-state index contributed by atoms with van der Waals surface area (Å²) in [5.74, 6) is 0.647. The highest BCUT2D eigenvalue weighted by molar-refractivity contribution is 6.50. The first-order chi connectivity index (χ1) is 16.3. The lowest BCUT2D eigenvalue weighted by molar-refractivity contribution is -0.133. The summed E-state index contributed by atoms with van der Waals surface area (Å²) < 4.78 is 10.7. The third-order valence-electron chi connectivity index (χ3n) is 6.15. The number of carbonyl (C=O) groups excluding carboxylic acids is 2. The van der Waals surface area contributed by atoms with E-state index in [1.54, 1.807) is 41.2 Å². The number of ether oxygens (including phenoxy) is 2. The fraction of sp³-hybridized carbons (Fsp3) is 0.520. The molecule has 0 spiro atoms. The predicted octanol–water partition coefficient (Wildman–Crippen LogP) is 2.57. The van der Waals surface area contributed by atoms with Gasteiger partial charge in [0.15, 0.2) is 0 Å². The van der Waals surface area contributed by atoms with Gasteiger partial charge >= 0.3 is 0 Å². The van der Waals surface area contributed by atoms with Gasteiger partial charge in [-0.05, 0) is 43.4 Å². The minimum Gasteiger partial charge on any atom is -0.497 e. The Balaban J connectivity index is 1.90. The largest absolute Gasteiger partial charge is 0.497 e. The van der Waals surface area contributed by atoms with Gasteiger partial charge in [0.05, 0.1) is 37.9 Å². The number of amides is 2. The van der Waals surface area contributed by atoms with Crippen LogP contribution in [0.1, 0.15) is 37.7 Å². The van der Waals surface area contributed by atoms with E-state index in [0.29, 0.717) is 48.6 Å². The van der Waals surface area contributed by atoms with E-state index in [0.717, 1.165) is 12.8 Å². The first-order valence-electron chi connectivity index (χ1n) is 11.5. The molecule has 0 aromatic heterocycles. The molecule has 0 radical (unpaired) electrons. The Morgan fingerprint density at radius 3 is 2.29 bits per heavy atom. The molecule has 0 saturated carbocycles. The molecule has 186 valence electrons. The van der Waals surface area contributed by atoms with Crippen LogP contribution in [0.25, 0.3) is 5.03 Å². The number of β-amino-alcohol motifs (C(OH)–C–C–N with tert-alkyl or cyclic N) is 2. The molecule has 3 rings (SSSR count). The molecule has 2 aliphatic heterocycles. The number of hydrogen-bond donors (Lipinski definition) is 2. The Morgan fingerprint density at radius 2 is 1.68 bits per heavy atom. The van der Waals surface area contributed by atoms with Crippen LogP contribution in [0, 0.1) is 0 Å². The fourth-order valence-electron chi connectivity index (χ4n) is 4.25. The highest BCUT2D eigenvalue weighted by Gasteiger charge is 2.24. The number of rotatable bonds is 7. The second-order valence-corrected chi connectivity index (χ2v) is 9.01. The number of methoxy groups -OCH3 is 2. The zero-order chi connectivity index (χ0) is 24.7. The average Bonchev–Trinajstić information content (AvgIpc) is 2.85. The van der Waals surface area contributed by atoms with Crippen molar-refractivity contribution in [2.45, 2.75) is 44.3 Å². The number of hydrogen-bond acceptors (Lipinski definition) is 6. The Bertz CT molecular complexity index is 947. The standard InChI is InChI=1S/C25H33ClN2O6/c1-33-20-8-9-21(22(14-20)34-2)25(26)17(13-24(32)28-12-4-6-19(30)16-28)7-10-23(31)27-11-3-5-18(29)15-27/h7-10,14,18-19,29-30H,3-6,11-13,15-16H2,1-2H3/b10-7+,25-17-. The van der Waals surface area contributed by atoms with Crippen LogP contribution in [0.2, 0.25) is 0 Å². The molecule has 2 fully saturated rings. The van der Waals surface area contributed by atoms with Crippen LogP contribution in [0.15, 0.2) is 35.9 Å². The number of aliphatic hydroxyl groups excluding tert-OH is 2. The van der Waals surface area contributed by atoms with E-state index in [1.807, 2.05) is 0 Å². The molecule has 2 saturated heterocycles. The Morgan fingerprint density at radius 1 is 1.03 bits per heavy atom. The maximum atomic E-state index is 13.0. The SMILES string of the molecule is COc1ccc(/C(Cl)=C(\C=C\C(=O)N2CCCC(O)C2)CC(=O)N2CCCC(O)C2)c(OC)c1. The van der Waals surface area contributed by atoms with E-state index in [1.165, 1.54) is 13.2 Å². The smallest absolute Gasteiger partial charge is 0.246 e. The van der Waals surface area contributed by atoms with Gasteiger partial charge in [-0.15, -0.1) is 0 Å². The van der Waals surface area contributed by atoms with Gasteiger partial charge in [0, 0.05) is 43.9 Å². The van der Waals surface area contributed by atoms with Crippen LogP contribution in [-0.2, 0) is 9.59 Å². The number of benzene rings is 1. The monoisotopic (exact) mass is 492 g/mol. The lowest BCUT2D eigenvalue weighted by Crippen LogP contribution is -2.42. The molecular formula is C25H33ClN2O6. The molecule has 34 heavy (non-hydrogen) atoms. The van der Waals surface area contributed by atoms with E-state index in [-0.39, 0.29) is 36.4 Å². The van der Waals surface area contributed by atoms with E-state index in [4.69, 9.17) is 21.1 Å². The third-order valence-corrected chi connectivity index (χ3v) is 6.60. The van der Waals surface area contributed by atoms with E-state index in [9.17, 15) is 19.8 Å². The Labute approximate surface area is 205 Å². The molecule has 8 nitrogen and oxygen atoms in total. The lowest BCUT2D eigenvalue weighted by atomic mass is 10.0.